The zero-order valence-electron chi connectivity index (χ0n) is 12.4. The van der Waals surface area contributed by atoms with E-state index in [4.69, 9.17) is 16.9 Å². The molecule has 0 saturated carbocycles. The van der Waals surface area contributed by atoms with Gasteiger partial charge in [-0.05, 0) is 35.3 Å². The maximum atomic E-state index is 12.2. The van der Waals surface area contributed by atoms with Crippen molar-refractivity contribution in [3.63, 3.8) is 0 Å². The molecule has 1 heterocycles. The van der Waals surface area contributed by atoms with Crippen LogP contribution in [-0.2, 0) is 21.7 Å². The normalized spacial score (nSPS) is 15.1. The van der Waals surface area contributed by atoms with Gasteiger partial charge in [-0.3, -0.25) is 4.79 Å². The van der Waals surface area contributed by atoms with E-state index in [9.17, 15) is 9.35 Å². The van der Waals surface area contributed by atoms with Gasteiger partial charge in [0.05, 0.1) is 21.3 Å². The van der Waals surface area contributed by atoms with Crippen LogP contribution in [0.2, 0.25) is 5.02 Å². The fourth-order valence-corrected chi connectivity index (χ4v) is 5.62. The van der Waals surface area contributed by atoms with Gasteiger partial charge in [0.2, 0.25) is 0 Å². The second kappa shape index (κ2) is 9.26. The number of rotatable bonds is 9. The van der Waals surface area contributed by atoms with Gasteiger partial charge < -0.3 is 4.55 Å². The second-order valence-electron chi connectivity index (χ2n) is 5.12. The van der Waals surface area contributed by atoms with E-state index in [-0.39, 0.29) is 18.6 Å². The fourth-order valence-electron chi connectivity index (χ4n) is 2.00. The predicted octanol–water partition coefficient (Wildman–Crippen LogP) is 4.31. The Kier molecular flexibility index (Phi) is 8.39. The predicted molar refractivity (Wildman–Crippen MR) is 95.3 cm³/mol. The monoisotopic (exact) mass is 424 g/mol. The summed E-state index contributed by atoms with van der Waals surface area (Å²) < 4.78 is 16.1. The highest BCUT2D eigenvalue weighted by Gasteiger charge is 2.37. The van der Waals surface area contributed by atoms with Crippen LogP contribution < -0.4 is 4.72 Å². The number of nitrogens with zero attached hydrogens (tertiary/aromatic N) is 1. The summed E-state index contributed by atoms with van der Waals surface area (Å²) in [6.07, 6.45) is 1.70. The van der Waals surface area contributed by atoms with Crippen molar-refractivity contribution >= 4 is 56.0 Å². The molecule has 0 aliphatic heterocycles. The van der Waals surface area contributed by atoms with Crippen molar-refractivity contribution in [1.29, 1.82) is 5.26 Å². The Labute approximate surface area is 151 Å². The van der Waals surface area contributed by atoms with Crippen LogP contribution in [0, 0.1) is 11.3 Å². The van der Waals surface area contributed by atoms with E-state index < -0.39 is 16.9 Å². The standard InChI is InChI=1S/C14H18BrClN2O2S2/c1-3-4-7-22(20)18-14(2,9-10(19)5-6-17)13-11(16)8-12(15)21-13/h8,18H,3-5,7,9H2,1-2H3/t14-,22?/m0/s1. The molecule has 1 aromatic rings. The molecule has 0 aliphatic carbocycles. The van der Waals surface area contributed by atoms with Crippen LogP contribution in [0.15, 0.2) is 9.85 Å². The third-order valence-corrected chi connectivity index (χ3v) is 6.66. The van der Waals surface area contributed by atoms with Gasteiger partial charge in [0, 0.05) is 22.7 Å². The lowest BCUT2D eigenvalue weighted by molar-refractivity contribution is -0.119. The molecule has 0 fully saturated rings. The summed E-state index contributed by atoms with van der Waals surface area (Å²) in [5.74, 6) is 0.313. The Morgan fingerprint density at radius 3 is 2.86 bits per heavy atom. The molecule has 1 unspecified atom stereocenters. The van der Waals surface area contributed by atoms with E-state index in [2.05, 4.69) is 20.7 Å². The van der Waals surface area contributed by atoms with E-state index in [1.54, 1.807) is 13.0 Å². The molecular formula is C14H18BrClN2O2S2. The lowest BCUT2D eigenvalue weighted by Gasteiger charge is -2.29. The summed E-state index contributed by atoms with van der Waals surface area (Å²) in [5, 5.41) is 9.20. The molecule has 22 heavy (non-hydrogen) atoms. The average Bonchev–Trinajstić information content (AvgIpc) is 2.76. The van der Waals surface area contributed by atoms with E-state index >= 15 is 0 Å². The molecule has 0 radical (unpaired) electrons. The minimum atomic E-state index is -1.26. The molecule has 1 N–H and O–H groups in total. The summed E-state index contributed by atoms with van der Waals surface area (Å²) in [4.78, 5) is 12.7. The summed E-state index contributed by atoms with van der Waals surface area (Å²) in [5.41, 5.74) is -0.847. The molecule has 0 amide bonds. The first-order valence-electron chi connectivity index (χ1n) is 6.82. The van der Waals surface area contributed by atoms with E-state index in [1.807, 2.05) is 13.0 Å². The number of Topliss-reactive ketones (excluding diaryl/α,β-unsaturated/α-hetero) is 1. The Bertz CT molecular complexity index is 562. The molecule has 1 rings (SSSR count). The van der Waals surface area contributed by atoms with Gasteiger partial charge in [-0.2, -0.15) is 5.26 Å². The van der Waals surface area contributed by atoms with Crippen molar-refractivity contribution < 1.29 is 9.35 Å². The number of carbonyl (C=O) groups is 1. The van der Waals surface area contributed by atoms with Crippen LogP contribution >= 0.6 is 38.9 Å². The number of ketones is 1. The average molecular weight is 426 g/mol. The van der Waals surface area contributed by atoms with E-state index in [1.165, 1.54) is 11.3 Å². The molecule has 4 nitrogen and oxygen atoms in total. The number of nitrogens with one attached hydrogen (secondary N) is 1. The Morgan fingerprint density at radius 2 is 2.36 bits per heavy atom. The SMILES string of the molecule is CCCC[S+]([O-])N[C@@](C)(CC(=O)CC#N)c1sc(Br)cc1Cl. The van der Waals surface area contributed by atoms with Crippen molar-refractivity contribution in [2.45, 2.75) is 45.1 Å². The van der Waals surface area contributed by atoms with Gasteiger partial charge >= 0.3 is 0 Å². The number of carbonyl (C=O) groups excluding carboxylic acids is 1. The van der Waals surface area contributed by atoms with Crippen LogP contribution in [0.1, 0.15) is 44.4 Å². The van der Waals surface area contributed by atoms with Gasteiger partial charge in [0.1, 0.15) is 17.1 Å². The van der Waals surface area contributed by atoms with E-state index in [0.29, 0.717) is 10.8 Å². The first-order valence-corrected chi connectivity index (χ1v) is 10.1. The molecule has 0 aromatic carbocycles. The topological polar surface area (TPSA) is 75.9 Å². The van der Waals surface area contributed by atoms with Crippen molar-refractivity contribution in [3.8, 4) is 6.07 Å². The minimum absolute atomic E-state index is 0.0745. The van der Waals surface area contributed by atoms with Crippen molar-refractivity contribution in [2.24, 2.45) is 0 Å². The quantitative estimate of drug-likeness (QED) is 0.598. The molecular weight excluding hydrogens is 408 g/mol. The van der Waals surface area contributed by atoms with Gasteiger partial charge in [0.25, 0.3) is 0 Å². The highest BCUT2D eigenvalue weighted by Crippen LogP contribution is 2.40. The van der Waals surface area contributed by atoms with Crippen LogP contribution in [0.4, 0.5) is 0 Å². The fraction of sp³-hybridized carbons (Fsp3) is 0.571. The van der Waals surface area contributed by atoms with Gasteiger partial charge in [-0.25, -0.2) is 0 Å². The summed E-state index contributed by atoms with van der Waals surface area (Å²) in [6, 6.07) is 3.61. The zero-order valence-corrected chi connectivity index (χ0v) is 16.4. The maximum absolute atomic E-state index is 12.2. The molecule has 0 saturated heterocycles. The third-order valence-electron chi connectivity index (χ3n) is 3.01. The van der Waals surface area contributed by atoms with Gasteiger partial charge in [-0.15, -0.1) is 16.1 Å². The first-order chi connectivity index (χ1) is 10.3. The van der Waals surface area contributed by atoms with Crippen molar-refractivity contribution in [3.05, 3.63) is 19.8 Å². The number of nitriles is 1. The number of hydrogen-bond acceptors (Lipinski definition) is 5. The van der Waals surface area contributed by atoms with Crippen LogP contribution in [0.3, 0.4) is 0 Å². The maximum Gasteiger partial charge on any atom is 0.149 e. The summed E-state index contributed by atoms with van der Waals surface area (Å²) in [6.45, 7) is 3.83. The van der Waals surface area contributed by atoms with Crippen LogP contribution in [0.5, 0.6) is 0 Å². The lowest BCUT2D eigenvalue weighted by Crippen LogP contribution is -2.45. The minimum Gasteiger partial charge on any atom is -0.598 e. The van der Waals surface area contributed by atoms with Crippen molar-refractivity contribution in [1.82, 2.24) is 4.72 Å². The molecule has 1 aromatic heterocycles. The molecule has 0 aliphatic rings. The largest absolute Gasteiger partial charge is 0.598 e. The third kappa shape index (κ3) is 5.84. The first kappa shape index (κ1) is 19.9. The van der Waals surface area contributed by atoms with E-state index in [0.717, 1.165) is 21.5 Å². The summed E-state index contributed by atoms with van der Waals surface area (Å²) in [7, 11) is 0. The highest BCUT2D eigenvalue weighted by molar-refractivity contribution is 9.11. The van der Waals surface area contributed by atoms with Gasteiger partial charge in [-0.1, -0.05) is 24.9 Å². The Hall–Kier alpha value is -0.100. The Morgan fingerprint density at radius 1 is 1.68 bits per heavy atom. The molecule has 2 atom stereocenters. The molecule has 8 heteroatoms. The number of hydrogen-bond donors (Lipinski definition) is 1. The molecule has 0 spiro atoms. The van der Waals surface area contributed by atoms with Gasteiger partial charge in [0.15, 0.2) is 0 Å². The van der Waals surface area contributed by atoms with Crippen LogP contribution in [-0.4, -0.2) is 16.1 Å². The number of unbranched alkanes of at least 4 members (excludes halogenated alkanes) is 1. The summed E-state index contributed by atoms with van der Waals surface area (Å²) >= 11 is 9.75. The zero-order chi connectivity index (χ0) is 16.8. The van der Waals surface area contributed by atoms with Crippen molar-refractivity contribution in [2.75, 3.05) is 5.75 Å². The molecule has 0 bridgehead atoms. The Balaban J connectivity index is 3.01. The number of thiophene rings is 1. The lowest BCUT2D eigenvalue weighted by atomic mass is 9.93. The second-order valence-corrected chi connectivity index (χ2v) is 9.26. The molecule has 122 valence electrons. The highest BCUT2D eigenvalue weighted by atomic mass is 79.9. The number of halogens is 2. The van der Waals surface area contributed by atoms with Crippen LogP contribution in [0.25, 0.3) is 0 Å². The smallest absolute Gasteiger partial charge is 0.149 e.